The highest BCUT2D eigenvalue weighted by molar-refractivity contribution is 6.31. The molecule has 2 saturated heterocycles. The molecule has 0 radical (unpaired) electrons. The number of ether oxygens (including phenoxy) is 2. The predicted octanol–water partition coefficient (Wildman–Crippen LogP) is 4.26. The van der Waals surface area contributed by atoms with Crippen molar-refractivity contribution < 1.29 is 14.3 Å². The van der Waals surface area contributed by atoms with Gasteiger partial charge in [0.05, 0.1) is 19.8 Å². The van der Waals surface area contributed by atoms with Crippen LogP contribution >= 0.6 is 11.6 Å². The zero-order valence-corrected chi connectivity index (χ0v) is 20.4. The SMILES string of the molecule is Cc1cncc(CN2CCCC(COc3ccc(Cl)c(C)c3)(CC(=O)N3CCOCC3)C2)c1. The fraction of sp³-hybridized carbons (Fsp3) is 0.538. The molecule has 1 aromatic heterocycles. The molecule has 0 aliphatic carbocycles. The standard InChI is InChI=1S/C26H34ClN3O3/c1-20-12-22(16-28-15-20)17-29-7-3-6-26(18-29,14-25(31)30-8-10-32-11-9-30)19-33-23-4-5-24(27)21(2)13-23/h4-5,12-13,15-16H,3,6-11,14,17-19H2,1-2H3. The van der Waals surface area contributed by atoms with E-state index in [1.165, 1.54) is 11.1 Å². The summed E-state index contributed by atoms with van der Waals surface area (Å²) in [5, 5.41) is 0.732. The number of halogens is 1. The molecule has 1 atom stereocenters. The van der Waals surface area contributed by atoms with Crippen LogP contribution in [0.3, 0.4) is 0 Å². The van der Waals surface area contributed by atoms with Crippen molar-refractivity contribution in [2.24, 2.45) is 5.41 Å². The number of hydrogen-bond donors (Lipinski definition) is 0. The van der Waals surface area contributed by atoms with E-state index in [4.69, 9.17) is 21.1 Å². The van der Waals surface area contributed by atoms with Gasteiger partial charge >= 0.3 is 0 Å². The van der Waals surface area contributed by atoms with Crippen molar-refractivity contribution in [1.29, 1.82) is 0 Å². The van der Waals surface area contributed by atoms with Gasteiger partial charge in [-0.2, -0.15) is 0 Å². The summed E-state index contributed by atoms with van der Waals surface area (Å²) in [5.74, 6) is 1.00. The van der Waals surface area contributed by atoms with Crippen LogP contribution in [0.1, 0.15) is 36.0 Å². The van der Waals surface area contributed by atoms with E-state index in [-0.39, 0.29) is 11.3 Å². The molecule has 0 N–H and O–H groups in total. The Balaban J connectivity index is 1.50. The van der Waals surface area contributed by atoms with Crippen LogP contribution in [0.2, 0.25) is 5.02 Å². The second kappa shape index (κ2) is 10.9. The molecule has 2 aromatic rings. The molecule has 1 aromatic carbocycles. The maximum Gasteiger partial charge on any atom is 0.223 e. The highest BCUT2D eigenvalue weighted by atomic mass is 35.5. The first-order valence-corrected chi connectivity index (χ1v) is 12.2. The summed E-state index contributed by atoms with van der Waals surface area (Å²) in [4.78, 5) is 22.0. The number of amides is 1. The van der Waals surface area contributed by atoms with Gasteiger partial charge < -0.3 is 14.4 Å². The molecule has 178 valence electrons. The molecule has 1 unspecified atom stereocenters. The van der Waals surface area contributed by atoms with Gasteiger partial charge in [-0.25, -0.2) is 0 Å². The van der Waals surface area contributed by atoms with Gasteiger partial charge in [0.2, 0.25) is 5.91 Å². The molecule has 2 aliphatic rings. The normalized spacial score (nSPS) is 21.7. The largest absolute Gasteiger partial charge is 0.493 e. The lowest BCUT2D eigenvalue weighted by Gasteiger charge is -2.43. The first-order chi connectivity index (χ1) is 15.9. The van der Waals surface area contributed by atoms with Gasteiger partial charge in [-0.05, 0) is 68.1 Å². The smallest absolute Gasteiger partial charge is 0.223 e. The Morgan fingerprint density at radius 3 is 2.76 bits per heavy atom. The summed E-state index contributed by atoms with van der Waals surface area (Å²) in [5.41, 5.74) is 3.13. The third-order valence-corrected chi connectivity index (χ3v) is 7.07. The van der Waals surface area contributed by atoms with Crippen LogP contribution in [0.4, 0.5) is 0 Å². The molecule has 6 nitrogen and oxygen atoms in total. The number of nitrogens with zero attached hydrogens (tertiary/aromatic N) is 3. The number of likely N-dealkylation sites (tertiary alicyclic amines) is 1. The Bertz CT molecular complexity index is 964. The third-order valence-electron chi connectivity index (χ3n) is 6.64. The van der Waals surface area contributed by atoms with Crippen molar-refractivity contribution in [1.82, 2.24) is 14.8 Å². The molecule has 4 rings (SSSR count). The highest BCUT2D eigenvalue weighted by Crippen LogP contribution is 2.36. The fourth-order valence-corrected chi connectivity index (χ4v) is 5.03. The van der Waals surface area contributed by atoms with Crippen LogP contribution in [0, 0.1) is 19.3 Å². The number of morpholine rings is 1. The topological polar surface area (TPSA) is 54.9 Å². The quantitative estimate of drug-likeness (QED) is 0.603. The van der Waals surface area contributed by atoms with E-state index in [0.717, 1.165) is 48.8 Å². The fourth-order valence-electron chi connectivity index (χ4n) is 4.91. The number of benzene rings is 1. The van der Waals surface area contributed by atoms with Gasteiger partial charge in [0.1, 0.15) is 5.75 Å². The first kappa shape index (κ1) is 24.0. The van der Waals surface area contributed by atoms with Gasteiger partial charge in [0, 0.05) is 55.4 Å². The van der Waals surface area contributed by atoms with Gasteiger partial charge in [0.15, 0.2) is 0 Å². The van der Waals surface area contributed by atoms with Crippen molar-refractivity contribution in [2.45, 2.75) is 39.7 Å². The molecule has 0 spiro atoms. The molecule has 3 heterocycles. The van der Waals surface area contributed by atoms with E-state index in [2.05, 4.69) is 22.9 Å². The Morgan fingerprint density at radius 2 is 2.00 bits per heavy atom. The maximum absolute atomic E-state index is 13.3. The van der Waals surface area contributed by atoms with Gasteiger partial charge in [0.25, 0.3) is 0 Å². The molecular weight excluding hydrogens is 438 g/mol. The minimum Gasteiger partial charge on any atom is -0.493 e. The summed E-state index contributed by atoms with van der Waals surface area (Å²) >= 11 is 6.19. The second-order valence-corrected chi connectivity index (χ2v) is 9.96. The van der Waals surface area contributed by atoms with E-state index in [9.17, 15) is 4.79 Å². The number of aromatic nitrogens is 1. The Morgan fingerprint density at radius 1 is 1.18 bits per heavy atom. The average molecular weight is 472 g/mol. The predicted molar refractivity (Wildman–Crippen MR) is 130 cm³/mol. The van der Waals surface area contributed by atoms with Crippen LogP contribution in [-0.2, 0) is 16.1 Å². The van der Waals surface area contributed by atoms with Crippen molar-refractivity contribution in [3.63, 3.8) is 0 Å². The summed E-state index contributed by atoms with van der Waals surface area (Å²) in [6, 6.07) is 7.94. The number of pyridine rings is 1. The molecule has 7 heteroatoms. The van der Waals surface area contributed by atoms with Crippen molar-refractivity contribution in [2.75, 3.05) is 46.0 Å². The lowest BCUT2D eigenvalue weighted by Crippen LogP contribution is -2.50. The van der Waals surface area contributed by atoms with E-state index < -0.39 is 0 Å². The van der Waals surface area contributed by atoms with Crippen LogP contribution in [0.15, 0.2) is 36.7 Å². The Kier molecular flexibility index (Phi) is 7.89. The summed E-state index contributed by atoms with van der Waals surface area (Å²) in [7, 11) is 0. The zero-order chi connectivity index (χ0) is 23.3. The zero-order valence-electron chi connectivity index (χ0n) is 19.7. The number of aryl methyl sites for hydroxylation is 2. The van der Waals surface area contributed by atoms with Crippen molar-refractivity contribution in [3.8, 4) is 5.75 Å². The number of carbonyl (C=O) groups excluding carboxylic acids is 1. The van der Waals surface area contributed by atoms with Gasteiger partial charge in [-0.3, -0.25) is 14.7 Å². The van der Waals surface area contributed by atoms with E-state index in [0.29, 0.717) is 39.3 Å². The number of rotatable bonds is 7. The van der Waals surface area contributed by atoms with Crippen LogP contribution < -0.4 is 4.74 Å². The Labute approximate surface area is 201 Å². The van der Waals surface area contributed by atoms with Crippen molar-refractivity contribution >= 4 is 17.5 Å². The number of carbonyl (C=O) groups is 1. The molecular formula is C26H34ClN3O3. The van der Waals surface area contributed by atoms with Crippen LogP contribution in [0.25, 0.3) is 0 Å². The monoisotopic (exact) mass is 471 g/mol. The maximum atomic E-state index is 13.3. The minimum atomic E-state index is -0.238. The minimum absolute atomic E-state index is 0.202. The Hall–Kier alpha value is -2.15. The third kappa shape index (κ3) is 6.46. The lowest BCUT2D eigenvalue weighted by molar-refractivity contribution is -0.139. The molecule has 2 aliphatic heterocycles. The lowest BCUT2D eigenvalue weighted by atomic mass is 9.77. The highest BCUT2D eigenvalue weighted by Gasteiger charge is 2.39. The average Bonchev–Trinajstić information content (AvgIpc) is 2.81. The number of piperidine rings is 1. The molecule has 0 bridgehead atoms. The summed E-state index contributed by atoms with van der Waals surface area (Å²) < 4.78 is 11.7. The first-order valence-electron chi connectivity index (χ1n) is 11.8. The molecule has 1 amide bonds. The summed E-state index contributed by atoms with van der Waals surface area (Å²) in [6.07, 6.45) is 6.32. The molecule has 0 saturated carbocycles. The van der Waals surface area contributed by atoms with E-state index in [1.54, 1.807) is 0 Å². The van der Waals surface area contributed by atoms with Crippen LogP contribution in [0.5, 0.6) is 5.75 Å². The molecule has 2 fully saturated rings. The molecule has 33 heavy (non-hydrogen) atoms. The van der Waals surface area contributed by atoms with Crippen molar-refractivity contribution in [3.05, 3.63) is 58.4 Å². The van der Waals surface area contributed by atoms with Gasteiger partial charge in [-0.1, -0.05) is 17.7 Å². The van der Waals surface area contributed by atoms with E-state index >= 15 is 0 Å². The number of hydrogen-bond acceptors (Lipinski definition) is 5. The van der Waals surface area contributed by atoms with Crippen LogP contribution in [-0.4, -0.2) is 66.7 Å². The summed E-state index contributed by atoms with van der Waals surface area (Å²) in [6.45, 7) is 9.80. The van der Waals surface area contributed by atoms with E-state index in [1.807, 2.05) is 42.4 Å². The second-order valence-electron chi connectivity index (χ2n) is 9.55. The van der Waals surface area contributed by atoms with Gasteiger partial charge in [-0.15, -0.1) is 0 Å².